The number of anilines is 2. The summed E-state index contributed by atoms with van der Waals surface area (Å²) < 4.78 is 5.25. The lowest BCUT2D eigenvalue weighted by Crippen LogP contribution is -2.29. The molecular weight excluding hydrogens is 350 g/mol. The van der Waals surface area contributed by atoms with Crippen molar-refractivity contribution >= 4 is 28.2 Å². The van der Waals surface area contributed by atoms with Gasteiger partial charge in [0.1, 0.15) is 5.75 Å². The zero-order chi connectivity index (χ0) is 19.5. The van der Waals surface area contributed by atoms with E-state index in [1.54, 1.807) is 7.11 Å². The van der Waals surface area contributed by atoms with E-state index in [9.17, 15) is 4.79 Å². The molecule has 2 aromatic carbocycles. The molecule has 0 spiro atoms. The molecule has 1 aliphatic rings. The van der Waals surface area contributed by atoms with Crippen LogP contribution in [0, 0.1) is 6.92 Å². The van der Waals surface area contributed by atoms with Crippen LogP contribution in [0.1, 0.15) is 35.3 Å². The Labute approximate surface area is 165 Å². The van der Waals surface area contributed by atoms with Gasteiger partial charge in [0.15, 0.2) is 0 Å². The SMILES string of the molecule is COc1ccc2cc(C(=O)Nc3ccc(N4CCCCC4)cc3)c(C)nc2c1. The Morgan fingerprint density at radius 1 is 1.04 bits per heavy atom. The highest BCUT2D eigenvalue weighted by molar-refractivity contribution is 6.06. The first-order chi connectivity index (χ1) is 13.6. The minimum Gasteiger partial charge on any atom is -0.497 e. The van der Waals surface area contributed by atoms with Crippen molar-refractivity contribution in [2.45, 2.75) is 26.2 Å². The average Bonchev–Trinajstić information content (AvgIpc) is 2.74. The molecule has 0 unspecified atom stereocenters. The molecule has 0 saturated carbocycles. The van der Waals surface area contributed by atoms with Gasteiger partial charge >= 0.3 is 0 Å². The van der Waals surface area contributed by atoms with E-state index in [2.05, 4.69) is 27.3 Å². The van der Waals surface area contributed by atoms with Crippen LogP contribution in [-0.2, 0) is 0 Å². The van der Waals surface area contributed by atoms with Gasteiger partial charge < -0.3 is 15.0 Å². The van der Waals surface area contributed by atoms with E-state index in [0.717, 1.165) is 35.4 Å². The van der Waals surface area contributed by atoms with E-state index >= 15 is 0 Å². The number of rotatable bonds is 4. The van der Waals surface area contributed by atoms with Crippen LogP contribution in [0.4, 0.5) is 11.4 Å². The highest BCUT2D eigenvalue weighted by atomic mass is 16.5. The van der Waals surface area contributed by atoms with Crippen LogP contribution in [0.25, 0.3) is 10.9 Å². The Balaban J connectivity index is 1.52. The standard InChI is InChI=1S/C23H25N3O2/c1-16-21(14-17-6-11-20(28-2)15-22(17)24-16)23(27)25-18-7-9-19(10-8-18)26-12-4-3-5-13-26/h6-11,14-15H,3-5,12-13H2,1-2H3,(H,25,27). The van der Waals surface area contributed by atoms with E-state index in [1.165, 1.54) is 24.9 Å². The molecule has 1 aliphatic heterocycles. The number of pyridine rings is 1. The molecule has 0 atom stereocenters. The molecule has 0 bridgehead atoms. The van der Waals surface area contributed by atoms with E-state index in [-0.39, 0.29) is 5.91 Å². The zero-order valence-corrected chi connectivity index (χ0v) is 16.4. The number of hydrogen-bond acceptors (Lipinski definition) is 4. The zero-order valence-electron chi connectivity index (χ0n) is 16.4. The second-order valence-corrected chi connectivity index (χ2v) is 7.23. The lowest BCUT2D eigenvalue weighted by atomic mass is 10.1. The fraction of sp³-hybridized carbons (Fsp3) is 0.304. The quantitative estimate of drug-likeness (QED) is 0.712. The van der Waals surface area contributed by atoms with Gasteiger partial charge in [-0.15, -0.1) is 0 Å². The first-order valence-corrected chi connectivity index (χ1v) is 9.76. The third-order valence-corrected chi connectivity index (χ3v) is 5.31. The molecule has 4 rings (SSSR count). The maximum absolute atomic E-state index is 12.8. The van der Waals surface area contributed by atoms with Crippen molar-refractivity contribution in [3.8, 4) is 5.75 Å². The second-order valence-electron chi connectivity index (χ2n) is 7.23. The molecule has 2 heterocycles. The molecule has 28 heavy (non-hydrogen) atoms. The van der Waals surface area contributed by atoms with Crippen molar-refractivity contribution in [1.29, 1.82) is 0 Å². The summed E-state index contributed by atoms with van der Waals surface area (Å²) in [6, 6.07) is 15.7. The number of ether oxygens (including phenoxy) is 1. The van der Waals surface area contributed by atoms with Crippen molar-refractivity contribution in [2.24, 2.45) is 0 Å². The number of hydrogen-bond donors (Lipinski definition) is 1. The van der Waals surface area contributed by atoms with Crippen LogP contribution in [-0.4, -0.2) is 31.1 Å². The third kappa shape index (κ3) is 3.79. The van der Waals surface area contributed by atoms with Crippen molar-refractivity contribution < 1.29 is 9.53 Å². The molecule has 1 amide bonds. The van der Waals surface area contributed by atoms with Crippen LogP contribution in [0.3, 0.4) is 0 Å². The van der Waals surface area contributed by atoms with Crippen LogP contribution < -0.4 is 15.0 Å². The maximum Gasteiger partial charge on any atom is 0.257 e. The summed E-state index contributed by atoms with van der Waals surface area (Å²) in [6.45, 7) is 4.07. The number of carbonyl (C=O) groups is 1. The first kappa shape index (κ1) is 18.3. The van der Waals surface area contributed by atoms with E-state index in [0.29, 0.717) is 11.3 Å². The van der Waals surface area contributed by atoms with Gasteiger partial charge in [0.2, 0.25) is 0 Å². The Morgan fingerprint density at radius 2 is 1.79 bits per heavy atom. The molecule has 5 nitrogen and oxygen atoms in total. The summed E-state index contributed by atoms with van der Waals surface area (Å²) in [4.78, 5) is 19.8. The largest absolute Gasteiger partial charge is 0.497 e. The number of aromatic nitrogens is 1. The normalized spacial score (nSPS) is 14.1. The minimum atomic E-state index is -0.145. The van der Waals surface area contributed by atoms with Gasteiger partial charge in [0.25, 0.3) is 5.91 Å². The number of aryl methyl sites for hydroxylation is 1. The van der Waals surface area contributed by atoms with Gasteiger partial charge in [-0.05, 0) is 68.7 Å². The Morgan fingerprint density at radius 3 is 2.50 bits per heavy atom. The average molecular weight is 375 g/mol. The summed E-state index contributed by atoms with van der Waals surface area (Å²) in [5.41, 5.74) is 4.11. The molecule has 3 aromatic rings. The van der Waals surface area contributed by atoms with Gasteiger partial charge in [-0.2, -0.15) is 0 Å². The van der Waals surface area contributed by atoms with Gasteiger partial charge in [0, 0.05) is 35.9 Å². The molecule has 5 heteroatoms. The molecule has 144 valence electrons. The van der Waals surface area contributed by atoms with Crippen LogP contribution in [0.15, 0.2) is 48.5 Å². The predicted octanol–water partition coefficient (Wildman–Crippen LogP) is 4.79. The highest BCUT2D eigenvalue weighted by Crippen LogP contribution is 2.24. The Bertz CT molecular complexity index is 993. The molecule has 1 fully saturated rings. The summed E-state index contributed by atoms with van der Waals surface area (Å²) in [5.74, 6) is 0.610. The minimum absolute atomic E-state index is 0.145. The first-order valence-electron chi connectivity index (χ1n) is 9.76. The summed E-state index contributed by atoms with van der Waals surface area (Å²) >= 11 is 0. The Kier molecular flexibility index (Phi) is 5.15. The number of piperidine rings is 1. The highest BCUT2D eigenvalue weighted by Gasteiger charge is 2.14. The monoisotopic (exact) mass is 375 g/mol. The second kappa shape index (κ2) is 7.89. The predicted molar refractivity (Wildman–Crippen MR) is 113 cm³/mol. The fourth-order valence-electron chi connectivity index (χ4n) is 3.71. The molecule has 0 aliphatic carbocycles. The van der Waals surface area contributed by atoms with E-state index in [1.807, 2.05) is 43.3 Å². The van der Waals surface area contributed by atoms with Gasteiger partial charge in [0.05, 0.1) is 23.9 Å². The van der Waals surface area contributed by atoms with Crippen LogP contribution in [0.5, 0.6) is 5.75 Å². The molecular formula is C23H25N3O2. The number of methoxy groups -OCH3 is 1. The number of amides is 1. The number of fused-ring (bicyclic) bond motifs is 1. The number of benzene rings is 2. The summed E-state index contributed by atoms with van der Waals surface area (Å²) in [5, 5.41) is 3.91. The molecule has 1 aromatic heterocycles. The molecule has 0 radical (unpaired) electrons. The number of nitrogens with zero attached hydrogens (tertiary/aromatic N) is 2. The number of carbonyl (C=O) groups excluding carboxylic acids is 1. The number of nitrogens with one attached hydrogen (secondary N) is 1. The Hall–Kier alpha value is -3.08. The van der Waals surface area contributed by atoms with E-state index in [4.69, 9.17) is 4.74 Å². The smallest absolute Gasteiger partial charge is 0.257 e. The van der Waals surface area contributed by atoms with Gasteiger partial charge in [-0.25, -0.2) is 0 Å². The van der Waals surface area contributed by atoms with Crippen molar-refractivity contribution in [1.82, 2.24) is 4.98 Å². The summed E-state index contributed by atoms with van der Waals surface area (Å²) in [7, 11) is 1.63. The van der Waals surface area contributed by atoms with Crippen molar-refractivity contribution in [3.05, 3.63) is 59.8 Å². The topological polar surface area (TPSA) is 54.5 Å². The van der Waals surface area contributed by atoms with Crippen LogP contribution in [0.2, 0.25) is 0 Å². The third-order valence-electron chi connectivity index (χ3n) is 5.31. The summed E-state index contributed by atoms with van der Waals surface area (Å²) in [6.07, 6.45) is 3.81. The van der Waals surface area contributed by atoms with Crippen molar-refractivity contribution in [3.63, 3.8) is 0 Å². The molecule has 1 saturated heterocycles. The van der Waals surface area contributed by atoms with E-state index < -0.39 is 0 Å². The fourth-order valence-corrected chi connectivity index (χ4v) is 3.71. The van der Waals surface area contributed by atoms with Crippen molar-refractivity contribution in [2.75, 3.05) is 30.4 Å². The van der Waals surface area contributed by atoms with Crippen LogP contribution >= 0.6 is 0 Å². The lowest BCUT2D eigenvalue weighted by molar-refractivity contribution is 0.102. The lowest BCUT2D eigenvalue weighted by Gasteiger charge is -2.28. The van der Waals surface area contributed by atoms with Gasteiger partial charge in [-0.1, -0.05) is 0 Å². The molecule has 1 N–H and O–H groups in total. The van der Waals surface area contributed by atoms with Gasteiger partial charge in [-0.3, -0.25) is 9.78 Å². The maximum atomic E-state index is 12.8.